The zero-order valence-electron chi connectivity index (χ0n) is 14.3. The number of hydrogen-bond donors (Lipinski definition) is 2. The lowest BCUT2D eigenvalue weighted by atomic mass is 10.0. The SMILES string of the molecule is O=C(Cc1c[nH]c2ccccc12)NCC1(CN2CCCCC2)CC1. The van der Waals surface area contributed by atoms with Crippen LogP contribution in [0, 0.1) is 5.41 Å². The van der Waals surface area contributed by atoms with Gasteiger partial charge >= 0.3 is 0 Å². The number of benzene rings is 1. The van der Waals surface area contributed by atoms with Crippen LogP contribution in [0.1, 0.15) is 37.7 Å². The first-order valence-electron chi connectivity index (χ1n) is 9.28. The van der Waals surface area contributed by atoms with Gasteiger partial charge in [0.2, 0.25) is 5.91 Å². The molecule has 2 aliphatic rings. The molecule has 1 amide bonds. The van der Waals surface area contributed by atoms with Gasteiger partial charge in [-0.2, -0.15) is 0 Å². The van der Waals surface area contributed by atoms with Crippen LogP contribution in [0.15, 0.2) is 30.5 Å². The monoisotopic (exact) mass is 325 g/mol. The van der Waals surface area contributed by atoms with Crippen molar-refractivity contribution in [2.24, 2.45) is 5.41 Å². The summed E-state index contributed by atoms with van der Waals surface area (Å²) in [6.45, 7) is 4.49. The summed E-state index contributed by atoms with van der Waals surface area (Å²) >= 11 is 0. The summed E-state index contributed by atoms with van der Waals surface area (Å²) in [6, 6.07) is 8.16. The maximum absolute atomic E-state index is 12.4. The molecule has 2 heterocycles. The van der Waals surface area contributed by atoms with Crippen LogP contribution in [-0.2, 0) is 11.2 Å². The van der Waals surface area contributed by atoms with Crippen LogP contribution >= 0.6 is 0 Å². The number of fused-ring (bicyclic) bond motifs is 1. The van der Waals surface area contributed by atoms with Crippen molar-refractivity contribution in [3.05, 3.63) is 36.0 Å². The second-order valence-corrected chi connectivity index (χ2v) is 7.65. The van der Waals surface area contributed by atoms with Gasteiger partial charge in [0, 0.05) is 35.6 Å². The number of nitrogens with zero attached hydrogens (tertiary/aromatic N) is 1. The molecule has 1 saturated heterocycles. The minimum Gasteiger partial charge on any atom is -0.361 e. The first-order valence-corrected chi connectivity index (χ1v) is 9.28. The average Bonchev–Trinajstić information content (AvgIpc) is 3.26. The van der Waals surface area contributed by atoms with E-state index in [9.17, 15) is 4.79 Å². The summed E-state index contributed by atoms with van der Waals surface area (Å²) in [6.07, 6.45) is 9.00. The highest BCUT2D eigenvalue weighted by atomic mass is 16.1. The summed E-state index contributed by atoms with van der Waals surface area (Å²) in [5.41, 5.74) is 2.54. The molecule has 4 nitrogen and oxygen atoms in total. The van der Waals surface area contributed by atoms with E-state index in [0.29, 0.717) is 11.8 Å². The molecule has 1 aliphatic heterocycles. The molecule has 0 unspecified atom stereocenters. The number of carbonyl (C=O) groups is 1. The Labute approximate surface area is 143 Å². The van der Waals surface area contributed by atoms with Crippen molar-refractivity contribution < 1.29 is 4.79 Å². The van der Waals surface area contributed by atoms with Gasteiger partial charge in [0.25, 0.3) is 0 Å². The van der Waals surface area contributed by atoms with E-state index in [1.807, 2.05) is 18.3 Å². The van der Waals surface area contributed by atoms with Crippen LogP contribution in [-0.4, -0.2) is 42.0 Å². The number of likely N-dealkylation sites (tertiary alicyclic amines) is 1. The maximum Gasteiger partial charge on any atom is 0.224 e. The summed E-state index contributed by atoms with van der Waals surface area (Å²) in [5.74, 6) is 0.143. The van der Waals surface area contributed by atoms with E-state index in [4.69, 9.17) is 0 Å². The van der Waals surface area contributed by atoms with Gasteiger partial charge in [-0.15, -0.1) is 0 Å². The van der Waals surface area contributed by atoms with E-state index >= 15 is 0 Å². The molecule has 4 rings (SSSR count). The van der Waals surface area contributed by atoms with Crippen molar-refractivity contribution >= 4 is 16.8 Å². The highest BCUT2D eigenvalue weighted by Crippen LogP contribution is 2.46. The van der Waals surface area contributed by atoms with Crippen LogP contribution in [0.2, 0.25) is 0 Å². The zero-order chi connectivity index (χ0) is 16.4. The molecular formula is C20H27N3O. The maximum atomic E-state index is 12.4. The Balaban J connectivity index is 1.30. The molecule has 128 valence electrons. The Morgan fingerprint density at radius 1 is 1.17 bits per heavy atom. The normalized spacial score (nSPS) is 20.2. The number of nitrogens with one attached hydrogen (secondary N) is 2. The molecule has 0 atom stereocenters. The summed E-state index contributed by atoms with van der Waals surface area (Å²) in [4.78, 5) is 18.2. The highest BCUT2D eigenvalue weighted by Gasteiger charge is 2.43. The predicted octanol–water partition coefficient (Wildman–Crippen LogP) is 3.09. The lowest BCUT2D eigenvalue weighted by Gasteiger charge is -2.30. The number of amides is 1. The molecule has 1 aromatic carbocycles. The minimum atomic E-state index is 0.143. The second kappa shape index (κ2) is 6.60. The molecule has 4 heteroatoms. The zero-order valence-corrected chi connectivity index (χ0v) is 14.3. The Morgan fingerprint density at radius 3 is 2.75 bits per heavy atom. The van der Waals surface area contributed by atoms with E-state index in [1.165, 1.54) is 51.7 Å². The quantitative estimate of drug-likeness (QED) is 0.857. The largest absolute Gasteiger partial charge is 0.361 e. The van der Waals surface area contributed by atoms with Crippen molar-refractivity contribution in [2.75, 3.05) is 26.2 Å². The molecule has 0 spiro atoms. The van der Waals surface area contributed by atoms with Crippen molar-refractivity contribution in [1.82, 2.24) is 15.2 Å². The van der Waals surface area contributed by atoms with Crippen molar-refractivity contribution in [1.29, 1.82) is 0 Å². The van der Waals surface area contributed by atoms with E-state index in [2.05, 4.69) is 27.3 Å². The van der Waals surface area contributed by atoms with Crippen molar-refractivity contribution in [2.45, 2.75) is 38.5 Å². The third kappa shape index (κ3) is 3.48. The number of hydrogen-bond acceptors (Lipinski definition) is 2. The summed E-state index contributed by atoms with van der Waals surface area (Å²) in [7, 11) is 0. The van der Waals surface area contributed by atoms with Crippen LogP contribution < -0.4 is 5.32 Å². The van der Waals surface area contributed by atoms with E-state index < -0.39 is 0 Å². The molecule has 2 fully saturated rings. The molecule has 0 radical (unpaired) electrons. The van der Waals surface area contributed by atoms with Crippen molar-refractivity contribution in [3.8, 4) is 0 Å². The Bertz CT molecular complexity index is 710. The Morgan fingerprint density at radius 2 is 1.96 bits per heavy atom. The van der Waals surface area contributed by atoms with Gasteiger partial charge in [-0.05, 0) is 50.4 Å². The average molecular weight is 325 g/mol. The van der Waals surface area contributed by atoms with E-state index in [0.717, 1.165) is 23.0 Å². The number of piperidine rings is 1. The summed E-state index contributed by atoms with van der Waals surface area (Å²) in [5, 5.41) is 4.35. The summed E-state index contributed by atoms with van der Waals surface area (Å²) < 4.78 is 0. The molecule has 2 N–H and O–H groups in total. The minimum absolute atomic E-state index is 0.143. The van der Waals surface area contributed by atoms with Gasteiger partial charge in [-0.3, -0.25) is 4.79 Å². The van der Waals surface area contributed by atoms with E-state index in [-0.39, 0.29) is 5.91 Å². The third-order valence-electron chi connectivity index (χ3n) is 5.65. The second-order valence-electron chi connectivity index (χ2n) is 7.65. The number of aromatic amines is 1. The lowest BCUT2D eigenvalue weighted by Crippen LogP contribution is -2.40. The molecule has 1 aliphatic carbocycles. The molecule has 0 bridgehead atoms. The van der Waals surface area contributed by atoms with Gasteiger partial charge in [0.15, 0.2) is 0 Å². The van der Waals surface area contributed by atoms with Crippen LogP contribution in [0.3, 0.4) is 0 Å². The van der Waals surface area contributed by atoms with Gasteiger partial charge in [0.05, 0.1) is 6.42 Å². The third-order valence-corrected chi connectivity index (χ3v) is 5.65. The molecule has 2 aromatic rings. The lowest BCUT2D eigenvalue weighted by molar-refractivity contribution is -0.120. The van der Waals surface area contributed by atoms with E-state index in [1.54, 1.807) is 0 Å². The smallest absolute Gasteiger partial charge is 0.224 e. The fraction of sp³-hybridized carbons (Fsp3) is 0.550. The van der Waals surface area contributed by atoms with Gasteiger partial charge < -0.3 is 15.2 Å². The van der Waals surface area contributed by atoms with Gasteiger partial charge in [-0.25, -0.2) is 0 Å². The predicted molar refractivity (Wildman–Crippen MR) is 97.0 cm³/mol. The Kier molecular flexibility index (Phi) is 4.31. The van der Waals surface area contributed by atoms with Crippen LogP contribution in [0.25, 0.3) is 10.9 Å². The molecule has 1 saturated carbocycles. The number of carbonyl (C=O) groups excluding carboxylic acids is 1. The Hall–Kier alpha value is -1.81. The number of H-pyrrole nitrogens is 1. The molecule has 24 heavy (non-hydrogen) atoms. The first-order chi connectivity index (χ1) is 11.7. The van der Waals surface area contributed by atoms with Crippen molar-refractivity contribution in [3.63, 3.8) is 0 Å². The molecular weight excluding hydrogens is 298 g/mol. The molecule has 1 aromatic heterocycles. The highest BCUT2D eigenvalue weighted by molar-refractivity contribution is 5.88. The first kappa shape index (κ1) is 15.7. The number of rotatable bonds is 6. The van der Waals surface area contributed by atoms with Crippen LogP contribution in [0.4, 0.5) is 0 Å². The topological polar surface area (TPSA) is 48.1 Å². The van der Waals surface area contributed by atoms with Crippen LogP contribution in [0.5, 0.6) is 0 Å². The van der Waals surface area contributed by atoms with Gasteiger partial charge in [-0.1, -0.05) is 24.6 Å². The fourth-order valence-electron chi connectivity index (χ4n) is 3.96. The standard InChI is InChI=1S/C20H27N3O/c24-19(12-16-13-21-18-7-3-2-6-17(16)18)22-14-20(8-9-20)15-23-10-4-1-5-11-23/h2-3,6-7,13,21H,1,4-5,8-12,14-15H2,(H,22,24). The number of aromatic nitrogens is 1. The van der Waals surface area contributed by atoms with Gasteiger partial charge in [0.1, 0.15) is 0 Å². The number of para-hydroxylation sites is 1. The fourth-order valence-corrected chi connectivity index (χ4v) is 3.96.